The zero-order valence-electron chi connectivity index (χ0n) is 16.0. The first-order chi connectivity index (χ1) is 13.1. The molecule has 0 aliphatic carbocycles. The summed E-state index contributed by atoms with van der Waals surface area (Å²) in [5, 5.41) is 4.03. The normalized spacial score (nSPS) is 18.8. The summed E-state index contributed by atoms with van der Waals surface area (Å²) in [5.74, 6) is 0.264. The minimum atomic E-state index is 0.0698. The molecule has 2 aromatic carbocycles. The molecule has 1 saturated heterocycles. The second kappa shape index (κ2) is 9.91. The van der Waals surface area contributed by atoms with Crippen LogP contribution in [-0.4, -0.2) is 29.9 Å². The van der Waals surface area contributed by atoms with Gasteiger partial charge in [0.05, 0.1) is 5.92 Å². The average molecular weight is 385 g/mol. The van der Waals surface area contributed by atoms with Crippen LogP contribution in [0.4, 0.5) is 0 Å². The van der Waals surface area contributed by atoms with Crippen LogP contribution in [0.15, 0.2) is 54.6 Å². The first kappa shape index (κ1) is 19.9. The number of piperidine rings is 1. The third kappa shape index (κ3) is 6.08. The second-order valence-corrected chi connectivity index (χ2v) is 8.01. The second-order valence-electron chi connectivity index (χ2n) is 7.60. The first-order valence-electron chi connectivity index (χ1n) is 9.92. The summed E-state index contributed by atoms with van der Waals surface area (Å²) < 4.78 is 0. The van der Waals surface area contributed by atoms with Crippen molar-refractivity contribution in [2.24, 2.45) is 5.92 Å². The summed E-state index contributed by atoms with van der Waals surface area (Å²) in [7, 11) is 0. The van der Waals surface area contributed by atoms with E-state index in [4.69, 9.17) is 11.6 Å². The highest BCUT2D eigenvalue weighted by molar-refractivity contribution is 6.31. The number of halogens is 1. The number of nitrogens with one attached hydrogen (secondary N) is 1. The van der Waals surface area contributed by atoms with Gasteiger partial charge in [-0.15, -0.1) is 0 Å². The van der Waals surface area contributed by atoms with E-state index in [9.17, 15) is 4.79 Å². The standard InChI is InChI=1S/C23H29ClN2O/c1-18(13-14-19-8-3-2-4-9-19)25-23(27)21-11-7-15-26(17-21)16-20-10-5-6-12-22(20)24/h2-6,8-10,12,18,21H,7,11,13-17H2,1H3,(H,25,27)/t18-,21-/m1/s1. The number of likely N-dealkylation sites (tertiary alicyclic amines) is 1. The quantitative estimate of drug-likeness (QED) is 0.751. The molecule has 0 saturated carbocycles. The van der Waals surface area contributed by atoms with Crippen LogP contribution in [0.5, 0.6) is 0 Å². The summed E-state index contributed by atoms with van der Waals surface area (Å²) in [6, 6.07) is 18.6. The van der Waals surface area contributed by atoms with Crippen LogP contribution in [0.1, 0.15) is 37.3 Å². The van der Waals surface area contributed by atoms with E-state index >= 15 is 0 Å². The van der Waals surface area contributed by atoms with E-state index in [1.54, 1.807) is 0 Å². The average Bonchev–Trinajstić information content (AvgIpc) is 2.69. The molecular weight excluding hydrogens is 356 g/mol. The molecule has 3 nitrogen and oxygen atoms in total. The van der Waals surface area contributed by atoms with Crippen LogP contribution in [0.2, 0.25) is 5.02 Å². The van der Waals surface area contributed by atoms with Crippen LogP contribution in [0.25, 0.3) is 0 Å². The molecule has 1 aliphatic rings. The van der Waals surface area contributed by atoms with Gasteiger partial charge in [0.1, 0.15) is 0 Å². The first-order valence-corrected chi connectivity index (χ1v) is 10.3. The van der Waals surface area contributed by atoms with Crippen LogP contribution in [0.3, 0.4) is 0 Å². The Morgan fingerprint density at radius 3 is 2.70 bits per heavy atom. The number of hydrogen-bond donors (Lipinski definition) is 1. The number of aryl methyl sites for hydroxylation is 1. The van der Waals surface area contributed by atoms with E-state index < -0.39 is 0 Å². The van der Waals surface area contributed by atoms with Gasteiger partial charge in [-0.1, -0.05) is 60.1 Å². The molecule has 2 atom stereocenters. The van der Waals surface area contributed by atoms with E-state index in [0.717, 1.165) is 55.9 Å². The predicted octanol–water partition coefficient (Wildman–Crippen LogP) is 4.69. The lowest BCUT2D eigenvalue weighted by Crippen LogP contribution is -2.45. The summed E-state index contributed by atoms with van der Waals surface area (Å²) in [4.78, 5) is 15.1. The van der Waals surface area contributed by atoms with Gasteiger partial charge in [0.25, 0.3) is 0 Å². The van der Waals surface area contributed by atoms with Crippen molar-refractivity contribution in [3.63, 3.8) is 0 Å². The molecular formula is C23H29ClN2O. The van der Waals surface area contributed by atoms with Gasteiger partial charge in [0.15, 0.2) is 0 Å². The molecule has 27 heavy (non-hydrogen) atoms. The molecule has 0 bridgehead atoms. The molecule has 0 aromatic heterocycles. The molecule has 4 heteroatoms. The zero-order valence-corrected chi connectivity index (χ0v) is 16.8. The van der Waals surface area contributed by atoms with E-state index in [1.807, 2.05) is 24.3 Å². The summed E-state index contributed by atoms with van der Waals surface area (Å²) in [6.45, 7) is 4.75. The van der Waals surface area contributed by atoms with Gasteiger partial charge in [-0.3, -0.25) is 9.69 Å². The van der Waals surface area contributed by atoms with Crippen LogP contribution >= 0.6 is 11.6 Å². The lowest BCUT2D eigenvalue weighted by molar-refractivity contribution is -0.127. The number of carbonyl (C=O) groups is 1. The SMILES string of the molecule is C[C@H](CCc1ccccc1)NC(=O)[C@@H]1CCCN(Cc2ccccc2Cl)C1. The van der Waals surface area contributed by atoms with Crippen LogP contribution in [-0.2, 0) is 17.8 Å². The van der Waals surface area contributed by atoms with Crippen molar-refractivity contribution >= 4 is 17.5 Å². The third-order valence-corrected chi connectivity index (χ3v) is 5.69. The molecule has 2 aromatic rings. The summed E-state index contributed by atoms with van der Waals surface area (Å²) in [5.41, 5.74) is 2.46. The maximum atomic E-state index is 12.7. The lowest BCUT2D eigenvalue weighted by atomic mass is 9.96. The smallest absolute Gasteiger partial charge is 0.224 e. The van der Waals surface area contributed by atoms with E-state index in [2.05, 4.69) is 47.5 Å². The van der Waals surface area contributed by atoms with Gasteiger partial charge in [0, 0.05) is 24.2 Å². The maximum absolute atomic E-state index is 12.7. The van der Waals surface area contributed by atoms with Crippen molar-refractivity contribution in [2.45, 2.75) is 45.2 Å². The number of hydrogen-bond acceptors (Lipinski definition) is 2. The van der Waals surface area contributed by atoms with Crippen LogP contribution < -0.4 is 5.32 Å². The Hall–Kier alpha value is -1.84. The molecule has 1 aliphatic heterocycles. The van der Waals surface area contributed by atoms with Gasteiger partial charge in [0.2, 0.25) is 5.91 Å². The maximum Gasteiger partial charge on any atom is 0.224 e. The number of nitrogens with zero attached hydrogens (tertiary/aromatic N) is 1. The summed E-state index contributed by atoms with van der Waals surface area (Å²) >= 11 is 6.29. The van der Waals surface area contributed by atoms with Gasteiger partial charge in [-0.25, -0.2) is 0 Å². The van der Waals surface area contributed by atoms with E-state index in [1.165, 1.54) is 5.56 Å². The van der Waals surface area contributed by atoms with Gasteiger partial charge in [-0.05, 0) is 56.3 Å². The molecule has 1 heterocycles. The van der Waals surface area contributed by atoms with Crippen molar-refractivity contribution in [3.05, 3.63) is 70.7 Å². The lowest BCUT2D eigenvalue weighted by Gasteiger charge is -2.32. The van der Waals surface area contributed by atoms with Crippen LogP contribution in [0, 0.1) is 5.92 Å². The van der Waals surface area contributed by atoms with Crippen molar-refractivity contribution in [1.29, 1.82) is 0 Å². The van der Waals surface area contributed by atoms with Crippen molar-refractivity contribution in [2.75, 3.05) is 13.1 Å². The molecule has 0 radical (unpaired) electrons. The molecule has 1 amide bonds. The molecule has 144 valence electrons. The minimum absolute atomic E-state index is 0.0698. The number of benzene rings is 2. The molecule has 1 N–H and O–H groups in total. The fourth-order valence-corrected chi connectivity index (χ4v) is 3.94. The Balaban J connectivity index is 1.47. The van der Waals surface area contributed by atoms with Gasteiger partial charge in [-0.2, -0.15) is 0 Å². The van der Waals surface area contributed by atoms with Gasteiger partial charge < -0.3 is 5.32 Å². The Bertz CT molecular complexity index is 734. The zero-order chi connectivity index (χ0) is 19.1. The van der Waals surface area contributed by atoms with E-state index in [-0.39, 0.29) is 17.9 Å². The molecule has 1 fully saturated rings. The summed E-state index contributed by atoms with van der Waals surface area (Å²) in [6.07, 6.45) is 3.98. The number of carbonyl (C=O) groups excluding carboxylic acids is 1. The van der Waals surface area contributed by atoms with Crippen molar-refractivity contribution < 1.29 is 4.79 Å². The Morgan fingerprint density at radius 2 is 1.93 bits per heavy atom. The predicted molar refractivity (Wildman–Crippen MR) is 112 cm³/mol. The van der Waals surface area contributed by atoms with E-state index in [0.29, 0.717) is 0 Å². The number of rotatable bonds is 7. The molecule has 0 unspecified atom stereocenters. The Morgan fingerprint density at radius 1 is 1.19 bits per heavy atom. The topological polar surface area (TPSA) is 32.3 Å². The third-order valence-electron chi connectivity index (χ3n) is 5.33. The fraction of sp³-hybridized carbons (Fsp3) is 0.435. The number of amides is 1. The molecule has 3 rings (SSSR count). The Kier molecular flexibility index (Phi) is 7.31. The highest BCUT2D eigenvalue weighted by Gasteiger charge is 2.26. The van der Waals surface area contributed by atoms with Crippen molar-refractivity contribution in [3.8, 4) is 0 Å². The fourth-order valence-electron chi connectivity index (χ4n) is 3.74. The highest BCUT2D eigenvalue weighted by atomic mass is 35.5. The Labute approximate surface area is 167 Å². The highest BCUT2D eigenvalue weighted by Crippen LogP contribution is 2.22. The largest absolute Gasteiger partial charge is 0.353 e. The van der Waals surface area contributed by atoms with Crippen molar-refractivity contribution in [1.82, 2.24) is 10.2 Å². The monoisotopic (exact) mass is 384 g/mol. The molecule has 0 spiro atoms. The van der Waals surface area contributed by atoms with Gasteiger partial charge >= 0.3 is 0 Å². The minimum Gasteiger partial charge on any atom is -0.353 e.